The molecule has 0 aliphatic carbocycles. The maximum atomic E-state index is 8.30. The van der Waals surface area contributed by atoms with E-state index in [1.54, 1.807) is 11.3 Å². The van der Waals surface area contributed by atoms with E-state index in [1.165, 1.54) is 5.56 Å². The maximum absolute atomic E-state index is 8.30. The quantitative estimate of drug-likeness (QED) is 0.453. The van der Waals surface area contributed by atoms with Crippen molar-refractivity contribution in [2.24, 2.45) is 5.11 Å². The second-order valence-corrected chi connectivity index (χ2v) is 5.13. The minimum atomic E-state index is 0.417. The van der Waals surface area contributed by atoms with Crippen LogP contribution in [0.1, 0.15) is 21.8 Å². The van der Waals surface area contributed by atoms with E-state index in [9.17, 15) is 0 Å². The summed E-state index contributed by atoms with van der Waals surface area (Å²) in [5.74, 6) is 0. The van der Waals surface area contributed by atoms with Crippen LogP contribution in [0.5, 0.6) is 0 Å². The molecule has 4 nitrogen and oxygen atoms in total. The summed E-state index contributed by atoms with van der Waals surface area (Å²) < 4.78 is 0. The fourth-order valence-corrected chi connectivity index (χ4v) is 2.44. The zero-order chi connectivity index (χ0) is 12.8. The van der Waals surface area contributed by atoms with Crippen LogP contribution in [0.4, 0.5) is 0 Å². The second kappa shape index (κ2) is 6.19. The molecule has 0 fully saturated rings. The first-order chi connectivity index (χ1) is 8.78. The minimum absolute atomic E-state index is 0.417. The Balaban J connectivity index is 1.98. The summed E-state index contributed by atoms with van der Waals surface area (Å²) in [5, 5.41) is 6.80. The summed E-state index contributed by atoms with van der Waals surface area (Å²) in [6.45, 7) is 2.44. The molecule has 18 heavy (non-hydrogen) atoms. The molecule has 5 heteroatoms. The van der Waals surface area contributed by atoms with E-state index in [4.69, 9.17) is 5.53 Å². The van der Waals surface area contributed by atoms with Crippen molar-refractivity contribution in [2.75, 3.05) is 0 Å². The molecule has 1 heterocycles. The van der Waals surface area contributed by atoms with Crippen molar-refractivity contribution in [1.29, 1.82) is 0 Å². The lowest BCUT2D eigenvalue weighted by atomic mass is 10.1. The van der Waals surface area contributed by atoms with Crippen LogP contribution < -0.4 is 0 Å². The van der Waals surface area contributed by atoms with E-state index < -0.39 is 0 Å². The van der Waals surface area contributed by atoms with Crippen LogP contribution in [-0.2, 0) is 19.4 Å². The third kappa shape index (κ3) is 3.58. The second-order valence-electron chi connectivity index (χ2n) is 4.07. The van der Waals surface area contributed by atoms with Crippen LogP contribution in [0.3, 0.4) is 0 Å². The van der Waals surface area contributed by atoms with Gasteiger partial charge in [-0.3, -0.25) is 0 Å². The zero-order valence-corrected chi connectivity index (χ0v) is 11.0. The number of nitrogens with zero attached hydrogens (tertiary/aromatic N) is 4. The van der Waals surface area contributed by atoms with Gasteiger partial charge in [0.25, 0.3) is 0 Å². The molecule has 0 unspecified atom stereocenters. The van der Waals surface area contributed by atoms with Gasteiger partial charge in [0.05, 0.1) is 17.2 Å². The third-order valence-corrected chi connectivity index (χ3v) is 3.47. The fraction of sp³-hybridized carbons (Fsp3) is 0.308. The Morgan fingerprint density at radius 1 is 1.33 bits per heavy atom. The van der Waals surface area contributed by atoms with E-state index in [2.05, 4.69) is 32.5 Å². The van der Waals surface area contributed by atoms with Gasteiger partial charge in [0, 0.05) is 10.3 Å². The van der Waals surface area contributed by atoms with E-state index in [1.807, 2.05) is 19.1 Å². The monoisotopic (exact) mass is 258 g/mol. The molecule has 0 bridgehead atoms. The van der Waals surface area contributed by atoms with Gasteiger partial charge in [-0.05, 0) is 36.4 Å². The molecule has 0 aliphatic rings. The van der Waals surface area contributed by atoms with E-state index in [0.717, 1.165) is 29.1 Å². The Kier molecular flexibility index (Phi) is 4.34. The van der Waals surface area contributed by atoms with Crippen molar-refractivity contribution in [1.82, 2.24) is 4.98 Å². The normalized spacial score (nSPS) is 10.1. The molecule has 92 valence electrons. The van der Waals surface area contributed by atoms with Gasteiger partial charge in [-0.2, -0.15) is 0 Å². The molecule has 2 rings (SSSR count). The van der Waals surface area contributed by atoms with Gasteiger partial charge in [0.15, 0.2) is 0 Å². The Hall–Kier alpha value is -1.84. The maximum Gasteiger partial charge on any atom is 0.0897 e. The van der Waals surface area contributed by atoms with Crippen molar-refractivity contribution < 1.29 is 0 Å². The molecule has 0 saturated carbocycles. The van der Waals surface area contributed by atoms with E-state index >= 15 is 0 Å². The van der Waals surface area contributed by atoms with Gasteiger partial charge >= 0.3 is 0 Å². The minimum Gasteiger partial charge on any atom is -0.247 e. The van der Waals surface area contributed by atoms with Crippen LogP contribution in [0, 0.1) is 6.92 Å². The molecule has 0 atom stereocenters. The van der Waals surface area contributed by atoms with Crippen LogP contribution in [-0.4, -0.2) is 4.98 Å². The van der Waals surface area contributed by atoms with Crippen molar-refractivity contribution in [3.63, 3.8) is 0 Å². The Morgan fingerprint density at radius 3 is 2.89 bits per heavy atom. The molecule has 0 spiro atoms. The molecule has 1 aromatic heterocycles. The summed E-state index contributed by atoms with van der Waals surface area (Å²) in [5.41, 5.74) is 11.8. The highest BCUT2D eigenvalue weighted by Crippen LogP contribution is 2.13. The summed E-state index contributed by atoms with van der Waals surface area (Å²) in [7, 11) is 0. The standard InChI is InChI=1S/C13H14N4S/c1-10-16-13(9-18-10)6-5-11-3-2-4-12(7-11)8-15-17-14/h2-4,7,9H,5-6,8H2,1H3. The lowest BCUT2D eigenvalue weighted by molar-refractivity contribution is 0.914. The first-order valence-corrected chi connectivity index (χ1v) is 6.65. The highest BCUT2D eigenvalue weighted by atomic mass is 32.1. The smallest absolute Gasteiger partial charge is 0.0897 e. The topological polar surface area (TPSA) is 61.7 Å². The van der Waals surface area contributed by atoms with E-state index in [-0.39, 0.29) is 0 Å². The van der Waals surface area contributed by atoms with Gasteiger partial charge in [-0.25, -0.2) is 4.98 Å². The molecule has 0 N–H and O–H groups in total. The average molecular weight is 258 g/mol. The number of hydrogen-bond donors (Lipinski definition) is 0. The van der Waals surface area contributed by atoms with Crippen molar-refractivity contribution >= 4 is 11.3 Å². The summed E-state index contributed by atoms with van der Waals surface area (Å²) in [6.07, 6.45) is 1.92. The lowest BCUT2D eigenvalue weighted by Crippen LogP contribution is -1.93. The first kappa shape index (κ1) is 12.6. The van der Waals surface area contributed by atoms with Gasteiger partial charge < -0.3 is 0 Å². The lowest BCUT2D eigenvalue weighted by Gasteiger charge is -2.02. The molecule has 0 saturated heterocycles. The van der Waals surface area contributed by atoms with Crippen molar-refractivity contribution in [3.05, 3.63) is 61.9 Å². The molecule has 0 amide bonds. The SMILES string of the molecule is Cc1nc(CCc2cccc(CN=[N+]=[N-])c2)cs1. The molecule has 0 radical (unpaired) electrons. The molecular weight excluding hydrogens is 244 g/mol. The predicted octanol–water partition coefficient (Wildman–Crippen LogP) is 4.05. The summed E-state index contributed by atoms with van der Waals surface area (Å²) in [4.78, 5) is 7.22. The number of azide groups is 1. The third-order valence-electron chi connectivity index (χ3n) is 2.64. The molecular formula is C13H14N4S. The number of hydrogen-bond acceptors (Lipinski definition) is 3. The first-order valence-electron chi connectivity index (χ1n) is 5.77. The molecule has 1 aromatic carbocycles. The average Bonchev–Trinajstić information content (AvgIpc) is 2.80. The van der Waals surface area contributed by atoms with Gasteiger partial charge in [0.2, 0.25) is 0 Å². The summed E-state index contributed by atoms with van der Waals surface area (Å²) >= 11 is 1.69. The van der Waals surface area contributed by atoms with Crippen molar-refractivity contribution in [3.8, 4) is 0 Å². The Bertz CT molecular complexity index is 570. The van der Waals surface area contributed by atoms with Crippen LogP contribution in [0.25, 0.3) is 10.4 Å². The predicted molar refractivity (Wildman–Crippen MR) is 73.6 cm³/mol. The van der Waals surface area contributed by atoms with Gasteiger partial charge in [-0.1, -0.05) is 29.4 Å². The fourth-order valence-electron chi connectivity index (χ4n) is 1.79. The zero-order valence-electron chi connectivity index (χ0n) is 10.2. The number of aromatic nitrogens is 1. The number of aryl methyl sites for hydroxylation is 3. The Labute approximate surface area is 110 Å². The number of benzene rings is 1. The highest BCUT2D eigenvalue weighted by molar-refractivity contribution is 7.09. The van der Waals surface area contributed by atoms with Crippen LogP contribution >= 0.6 is 11.3 Å². The molecule has 2 aromatic rings. The van der Waals surface area contributed by atoms with Crippen LogP contribution in [0.2, 0.25) is 0 Å². The number of thiazole rings is 1. The number of rotatable bonds is 5. The Morgan fingerprint density at radius 2 is 2.17 bits per heavy atom. The van der Waals surface area contributed by atoms with E-state index in [0.29, 0.717) is 6.54 Å². The summed E-state index contributed by atoms with van der Waals surface area (Å²) in [6, 6.07) is 8.17. The van der Waals surface area contributed by atoms with Gasteiger partial charge in [-0.15, -0.1) is 11.3 Å². The van der Waals surface area contributed by atoms with Crippen LogP contribution in [0.15, 0.2) is 34.8 Å². The molecule has 0 aliphatic heterocycles. The highest BCUT2D eigenvalue weighted by Gasteiger charge is 2.00. The van der Waals surface area contributed by atoms with Crippen molar-refractivity contribution in [2.45, 2.75) is 26.3 Å². The largest absolute Gasteiger partial charge is 0.247 e. The van der Waals surface area contributed by atoms with Gasteiger partial charge in [0.1, 0.15) is 0 Å².